The Bertz CT molecular complexity index is 254. The summed E-state index contributed by atoms with van der Waals surface area (Å²) in [7, 11) is 0. The van der Waals surface area contributed by atoms with Crippen LogP contribution in [0.15, 0.2) is 24.3 Å². The average Bonchev–Trinajstić information content (AvgIpc) is 2.19. The molecule has 0 fully saturated rings. The molecule has 1 aromatic rings. The first-order valence-electron chi connectivity index (χ1n) is 4.87. The highest BCUT2D eigenvalue weighted by Crippen LogP contribution is 2.18. The van der Waals surface area contributed by atoms with Crippen LogP contribution in [0.1, 0.15) is 24.9 Å². The molecular formula is C11H16ClNO. The molecule has 0 radical (unpaired) electrons. The number of nitrogens with one attached hydrogen (secondary N) is 1. The van der Waals surface area contributed by atoms with E-state index >= 15 is 0 Å². The van der Waals surface area contributed by atoms with Gasteiger partial charge in [0, 0.05) is 17.7 Å². The Morgan fingerprint density at radius 2 is 2.00 bits per heavy atom. The highest BCUT2D eigenvalue weighted by Gasteiger charge is 2.08. The number of hydrogen-bond donors (Lipinski definition) is 2. The summed E-state index contributed by atoms with van der Waals surface area (Å²) < 4.78 is 0. The summed E-state index contributed by atoms with van der Waals surface area (Å²) in [4.78, 5) is 0. The fraction of sp³-hybridized carbons (Fsp3) is 0.455. The number of hydrogen-bond acceptors (Lipinski definition) is 2. The van der Waals surface area contributed by atoms with Crippen molar-refractivity contribution >= 4 is 11.6 Å². The van der Waals surface area contributed by atoms with Gasteiger partial charge in [-0.1, -0.05) is 30.7 Å². The van der Waals surface area contributed by atoms with Gasteiger partial charge in [-0.3, -0.25) is 0 Å². The lowest BCUT2D eigenvalue weighted by Crippen LogP contribution is -2.21. The summed E-state index contributed by atoms with van der Waals surface area (Å²) in [6, 6.07) is 7.95. The van der Waals surface area contributed by atoms with E-state index in [1.54, 1.807) is 0 Å². The Hall–Kier alpha value is -0.570. The Labute approximate surface area is 89.9 Å². The van der Waals surface area contributed by atoms with Crippen LogP contribution in [0.5, 0.6) is 0 Å². The molecule has 0 bridgehead atoms. The van der Waals surface area contributed by atoms with E-state index in [0.29, 0.717) is 0 Å². The Kier molecular flexibility index (Phi) is 4.94. The van der Waals surface area contributed by atoms with Crippen molar-refractivity contribution in [2.24, 2.45) is 0 Å². The van der Waals surface area contributed by atoms with Gasteiger partial charge < -0.3 is 10.4 Å². The number of rotatable bonds is 5. The third-order valence-electron chi connectivity index (χ3n) is 2.14. The minimum Gasteiger partial charge on any atom is -0.396 e. The number of aliphatic hydroxyl groups is 1. The molecule has 1 rings (SSSR count). The zero-order valence-electron chi connectivity index (χ0n) is 8.33. The lowest BCUT2D eigenvalue weighted by atomic mass is 10.0. The third kappa shape index (κ3) is 3.29. The van der Waals surface area contributed by atoms with Crippen molar-refractivity contribution in [1.82, 2.24) is 5.32 Å². The van der Waals surface area contributed by atoms with Crippen molar-refractivity contribution in [1.29, 1.82) is 0 Å². The molecule has 14 heavy (non-hydrogen) atoms. The van der Waals surface area contributed by atoms with Gasteiger partial charge in [0.1, 0.15) is 0 Å². The van der Waals surface area contributed by atoms with Crippen LogP contribution in [0.25, 0.3) is 0 Å². The number of halogens is 1. The molecular weight excluding hydrogens is 198 g/mol. The highest BCUT2D eigenvalue weighted by molar-refractivity contribution is 6.30. The van der Waals surface area contributed by atoms with Crippen LogP contribution < -0.4 is 5.32 Å². The molecule has 0 heterocycles. The van der Waals surface area contributed by atoms with Crippen molar-refractivity contribution < 1.29 is 5.11 Å². The zero-order chi connectivity index (χ0) is 10.4. The van der Waals surface area contributed by atoms with Gasteiger partial charge in [-0.05, 0) is 30.7 Å². The molecule has 0 aliphatic carbocycles. The monoisotopic (exact) mass is 213 g/mol. The van der Waals surface area contributed by atoms with E-state index in [9.17, 15) is 0 Å². The Morgan fingerprint density at radius 3 is 2.50 bits per heavy atom. The zero-order valence-corrected chi connectivity index (χ0v) is 9.09. The summed E-state index contributed by atoms with van der Waals surface area (Å²) in [6.45, 7) is 3.15. The van der Waals surface area contributed by atoms with Gasteiger partial charge >= 0.3 is 0 Å². The summed E-state index contributed by atoms with van der Waals surface area (Å²) in [5.74, 6) is 0. The van der Waals surface area contributed by atoms with Crippen molar-refractivity contribution in [3.63, 3.8) is 0 Å². The molecule has 1 unspecified atom stereocenters. The quantitative estimate of drug-likeness (QED) is 0.787. The highest BCUT2D eigenvalue weighted by atomic mass is 35.5. The molecule has 0 amide bonds. The van der Waals surface area contributed by atoms with E-state index in [4.69, 9.17) is 16.7 Å². The molecule has 78 valence electrons. The molecule has 2 nitrogen and oxygen atoms in total. The van der Waals surface area contributed by atoms with Crippen molar-refractivity contribution in [2.45, 2.75) is 19.4 Å². The maximum Gasteiger partial charge on any atom is 0.0449 e. The second kappa shape index (κ2) is 6.02. The van der Waals surface area contributed by atoms with Gasteiger partial charge in [0.05, 0.1) is 0 Å². The van der Waals surface area contributed by atoms with Gasteiger partial charge in [0.2, 0.25) is 0 Å². The fourth-order valence-electron chi connectivity index (χ4n) is 1.46. The van der Waals surface area contributed by atoms with E-state index < -0.39 is 0 Å². The minimum atomic E-state index is 0.195. The second-order valence-electron chi connectivity index (χ2n) is 3.17. The van der Waals surface area contributed by atoms with Gasteiger partial charge in [0.15, 0.2) is 0 Å². The van der Waals surface area contributed by atoms with Crippen LogP contribution in [-0.4, -0.2) is 18.3 Å². The van der Waals surface area contributed by atoms with Crippen LogP contribution in [0, 0.1) is 0 Å². The summed E-state index contributed by atoms with van der Waals surface area (Å²) in [5.41, 5.74) is 1.17. The van der Waals surface area contributed by atoms with Crippen LogP contribution >= 0.6 is 11.6 Å². The summed E-state index contributed by atoms with van der Waals surface area (Å²) in [5, 5.41) is 13.0. The number of aliphatic hydroxyl groups excluding tert-OH is 1. The van der Waals surface area contributed by atoms with Gasteiger partial charge in [0.25, 0.3) is 0 Å². The maximum atomic E-state index is 8.91. The molecule has 0 saturated carbocycles. The molecule has 0 aliphatic rings. The smallest absolute Gasteiger partial charge is 0.0449 e. The van der Waals surface area contributed by atoms with E-state index in [2.05, 4.69) is 12.2 Å². The molecule has 3 heteroatoms. The fourth-order valence-corrected chi connectivity index (χ4v) is 1.58. The molecule has 0 spiro atoms. The molecule has 0 aromatic heterocycles. The predicted octanol–water partition coefficient (Wildman–Crippen LogP) is 2.37. The molecule has 0 saturated heterocycles. The Morgan fingerprint density at radius 1 is 1.36 bits per heavy atom. The average molecular weight is 214 g/mol. The number of benzene rings is 1. The van der Waals surface area contributed by atoms with Gasteiger partial charge in [-0.2, -0.15) is 0 Å². The summed E-state index contributed by atoms with van der Waals surface area (Å²) >= 11 is 5.80. The normalized spacial score (nSPS) is 12.8. The van der Waals surface area contributed by atoms with E-state index in [0.717, 1.165) is 18.0 Å². The van der Waals surface area contributed by atoms with E-state index in [-0.39, 0.29) is 12.6 Å². The largest absolute Gasteiger partial charge is 0.396 e. The minimum absolute atomic E-state index is 0.195. The van der Waals surface area contributed by atoms with Crippen LogP contribution in [0.4, 0.5) is 0 Å². The first kappa shape index (κ1) is 11.5. The van der Waals surface area contributed by atoms with E-state index in [1.807, 2.05) is 24.3 Å². The second-order valence-corrected chi connectivity index (χ2v) is 3.61. The van der Waals surface area contributed by atoms with Crippen LogP contribution in [0.3, 0.4) is 0 Å². The molecule has 1 atom stereocenters. The molecule has 0 aliphatic heterocycles. The van der Waals surface area contributed by atoms with E-state index in [1.165, 1.54) is 5.56 Å². The standard InChI is InChI=1S/C11H16ClNO/c1-2-13-11(7-8-14)9-3-5-10(12)6-4-9/h3-6,11,13-14H,2,7-8H2,1H3. The van der Waals surface area contributed by atoms with Crippen molar-refractivity contribution in [3.05, 3.63) is 34.9 Å². The lowest BCUT2D eigenvalue weighted by molar-refractivity contribution is 0.266. The lowest BCUT2D eigenvalue weighted by Gasteiger charge is -2.17. The topological polar surface area (TPSA) is 32.3 Å². The first-order chi connectivity index (χ1) is 6.77. The third-order valence-corrected chi connectivity index (χ3v) is 2.39. The maximum absolute atomic E-state index is 8.91. The van der Waals surface area contributed by atoms with Crippen molar-refractivity contribution in [2.75, 3.05) is 13.2 Å². The molecule has 2 N–H and O–H groups in total. The SMILES string of the molecule is CCNC(CCO)c1ccc(Cl)cc1. The predicted molar refractivity (Wildman–Crippen MR) is 59.6 cm³/mol. The van der Waals surface area contributed by atoms with Crippen molar-refractivity contribution in [3.8, 4) is 0 Å². The first-order valence-corrected chi connectivity index (χ1v) is 5.25. The molecule has 1 aromatic carbocycles. The van der Waals surface area contributed by atoms with Crippen LogP contribution in [0.2, 0.25) is 5.02 Å². The van der Waals surface area contributed by atoms with Gasteiger partial charge in [-0.15, -0.1) is 0 Å². The summed E-state index contributed by atoms with van der Waals surface area (Å²) in [6.07, 6.45) is 0.732. The Balaban J connectivity index is 2.71. The van der Waals surface area contributed by atoms with Gasteiger partial charge in [-0.25, -0.2) is 0 Å². The van der Waals surface area contributed by atoms with Crippen LogP contribution in [-0.2, 0) is 0 Å².